The van der Waals surface area contributed by atoms with Crippen LogP contribution in [0.4, 0.5) is 14.5 Å². The van der Waals surface area contributed by atoms with Crippen molar-refractivity contribution in [3.05, 3.63) is 23.8 Å². The lowest BCUT2D eigenvalue weighted by molar-refractivity contribution is -0.118. The highest BCUT2D eigenvalue weighted by molar-refractivity contribution is 7.81. The molecule has 1 aromatic rings. The first-order valence-corrected chi connectivity index (χ1v) is 7.68. The molecule has 0 aliphatic carbocycles. The van der Waals surface area contributed by atoms with Gasteiger partial charge in [0.25, 0.3) is 0 Å². The number of hydrogen-bond acceptors (Lipinski definition) is 4. The number of carbonyl (C=O) groups excluding carboxylic acids is 1. The molecular formula is C16H20F2N2O2S. The van der Waals surface area contributed by atoms with Crippen molar-refractivity contribution in [2.24, 2.45) is 17.1 Å². The van der Waals surface area contributed by atoms with Gasteiger partial charge in [-0.3, -0.25) is 4.79 Å². The lowest BCUT2D eigenvalue weighted by Gasteiger charge is -2.42. The number of alkyl halides is 2. The first-order chi connectivity index (χ1) is 10.6. The average molecular weight is 342 g/mol. The van der Waals surface area contributed by atoms with Crippen LogP contribution in [0.25, 0.3) is 0 Å². The molecule has 1 aromatic carbocycles. The second kappa shape index (κ2) is 6.39. The maximum absolute atomic E-state index is 12.4. The van der Waals surface area contributed by atoms with Crippen LogP contribution in [0.3, 0.4) is 0 Å². The number of nitrogens with two attached hydrogens (primary N) is 1. The van der Waals surface area contributed by atoms with Gasteiger partial charge in [-0.1, -0.05) is 33.0 Å². The van der Waals surface area contributed by atoms with Gasteiger partial charge >= 0.3 is 6.61 Å². The van der Waals surface area contributed by atoms with Gasteiger partial charge in [0.2, 0.25) is 5.91 Å². The molecule has 0 spiro atoms. The second-order valence-corrected chi connectivity index (χ2v) is 7.15. The Morgan fingerprint density at radius 3 is 2.61 bits per heavy atom. The van der Waals surface area contributed by atoms with Crippen LogP contribution in [0.1, 0.15) is 32.8 Å². The minimum Gasteiger partial charge on any atom is -0.435 e. The predicted octanol–water partition coefficient (Wildman–Crippen LogP) is 3.34. The number of anilines is 1. The molecule has 1 amide bonds. The molecular weight excluding hydrogens is 322 g/mol. The summed E-state index contributed by atoms with van der Waals surface area (Å²) in [4.78, 5) is 12.0. The van der Waals surface area contributed by atoms with E-state index in [0.29, 0.717) is 16.1 Å². The van der Waals surface area contributed by atoms with E-state index in [4.69, 9.17) is 18.0 Å². The fourth-order valence-corrected chi connectivity index (χ4v) is 3.73. The van der Waals surface area contributed by atoms with E-state index >= 15 is 0 Å². The van der Waals surface area contributed by atoms with Gasteiger partial charge in [0.05, 0.1) is 0 Å². The Kier molecular flexibility index (Phi) is 4.89. The molecule has 0 bridgehead atoms. The van der Waals surface area contributed by atoms with E-state index in [2.05, 4.69) is 10.1 Å². The monoisotopic (exact) mass is 342 g/mol. The van der Waals surface area contributed by atoms with Crippen molar-refractivity contribution in [2.45, 2.75) is 39.8 Å². The molecule has 2 atom stereocenters. The molecule has 4 nitrogen and oxygen atoms in total. The largest absolute Gasteiger partial charge is 0.435 e. The molecule has 7 heteroatoms. The highest BCUT2D eigenvalue weighted by Crippen LogP contribution is 2.41. The molecule has 0 saturated heterocycles. The summed E-state index contributed by atoms with van der Waals surface area (Å²) in [7, 11) is 0. The van der Waals surface area contributed by atoms with Crippen molar-refractivity contribution in [3.63, 3.8) is 0 Å². The predicted molar refractivity (Wildman–Crippen MR) is 88.9 cm³/mol. The van der Waals surface area contributed by atoms with Gasteiger partial charge in [-0.25, -0.2) is 0 Å². The minimum absolute atomic E-state index is 0.0592. The summed E-state index contributed by atoms with van der Waals surface area (Å²) in [5.41, 5.74) is 6.48. The van der Waals surface area contributed by atoms with Gasteiger partial charge in [-0.05, 0) is 23.6 Å². The summed E-state index contributed by atoms with van der Waals surface area (Å²) < 4.78 is 29.2. The quantitative estimate of drug-likeness (QED) is 0.824. The van der Waals surface area contributed by atoms with E-state index < -0.39 is 12.5 Å². The van der Waals surface area contributed by atoms with E-state index in [0.717, 1.165) is 0 Å². The third-order valence-electron chi connectivity index (χ3n) is 3.86. The van der Waals surface area contributed by atoms with Crippen molar-refractivity contribution in [1.29, 1.82) is 0 Å². The summed E-state index contributed by atoms with van der Waals surface area (Å²) in [5, 5.41) is 3.26. The van der Waals surface area contributed by atoms with Gasteiger partial charge in [0.1, 0.15) is 5.75 Å². The van der Waals surface area contributed by atoms with Gasteiger partial charge < -0.3 is 15.8 Å². The number of benzene rings is 1. The van der Waals surface area contributed by atoms with E-state index in [-0.39, 0.29) is 29.5 Å². The van der Waals surface area contributed by atoms with Gasteiger partial charge in [0.15, 0.2) is 0 Å². The first-order valence-electron chi connectivity index (χ1n) is 7.27. The Balaban J connectivity index is 2.43. The van der Waals surface area contributed by atoms with Crippen LogP contribution in [0.5, 0.6) is 5.75 Å². The Morgan fingerprint density at radius 2 is 2.09 bits per heavy atom. The zero-order valence-corrected chi connectivity index (χ0v) is 14.0. The van der Waals surface area contributed by atoms with Crippen LogP contribution in [-0.2, 0) is 4.79 Å². The minimum atomic E-state index is -2.89. The van der Waals surface area contributed by atoms with Crippen molar-refractivity contribution < 1.29 is 18.3 Å². The SMILES string of the molecule is CC(C)(C)C1C(=S)c2cc(OC(F)F)ccc2NC1CC(N)=O. The van der Waals surface area contributed by atoms with Gasteiger partial charge in [-0.15, -0.1) is 0 Å². The molecule has 1 aliphatic heterocycles. The Bertz CT molecular complexity index is 629. The number of fused-ring (bicyclic) bond motifs is 1. The fourth-order valence-electron chi connectivity index (χ4n) is 3.05. The summed E-state index contributed by atoms with van der Waals surface area (Å²) >= 11 is 5.60. The molecule has 3 N–H and O–H groups in total. The number of carbonyl (C=O) groups is 1. The third-order valence-corrected chi connectivity index (χ3v) is 4.34. The van der Waals surface area contributed by atoms with Crippen LogP contribution in [0.2, 0.25) is 0 Å². The average Bonchev–Trinajstić information content (AvgIpc) is 2.36. The normalized spacial score (nSPS) is 20.9. The van der Waals surface area contributed by atoms with Crippen molar-refractivity contribution in [1.82, 2.24) is 0 Å². The highest BCUT2D eigenvalue weighted by atomic mass is 32.1. The topological polar surface area (TPSA) is 64.3 Å². The number of amides is 1. The molecule has 2 rings (SSSR count). The lowest BCUT2D eigenvalue weighted by atomic mass is 9.70. The summed E-state index contributed by atoms with van der Waals surface area (Å²) in [6.45, 7) is 3.16. The maximum Gasteiger partial charge on any atom is 0.387 e. The molecule has 1 aliphatic rings. The molecule has 0 radical (unpaired) electrons. The second-order valence-electron chi connectivity index (χ2n) is 6.72. The maximum atomic E-state index is 12.4. The summed E-state index contributed by atoms with van der Waals surface area (Å²) in [6, 6.07) is 4.36. The Labute approximate surface area is 139 Å². The van der Waals surface area contributed by atoms with Crippen LogP contribution >= 0.6 is 12.2 Å². The molecule has 1 heterocycles. The van der Waals surface area contributed by atoms with Crippen molar-refractivity contribution >= 4 is 28.7 Å². The number of rotatable bonds is 4. The number of halogens is 2. The number of nitrogens with one attached hydrogen (secondary N) is 1. The molecule has 0 fully saturated rings. The molecule has 23 heavy (non-hydrogen) atoms. The molecule has 2 unspecified atom stereocenters. The Morgan fingerprint density at radius 1 is 1.43 bits per heavy atom. The van der Waals surface area contributed by atoms with Gasteiger partial charge in [0, 0.05) is 34.5 Å². The van der Waals surface area contributed by atoms with Crippen LogP contribution in [0, 0.1) is 11.3 Å². The van der Waals surface area contributed by atoms with E-state index in [1.54, 1.807) is 6.07 Å². The van der Waals surface area contributed by atoms with E-state index in [1.165, 1.54) is 12.1 Å². The third kappa shape index (κ3) is 3.96. The zero-order chi connectivity index (χ0) is 17.4. The van der Waals surface area contributed by atoms with Crippen molar-refractivity contribution in [2.75, 3.05) is 5.32 Å². The first kappa shape index (κ1) is 17.6. The number of thiocarbonyl (C=S) groups is 1. The molecule has 0 saturated carbocycles. The molecule has 0 aromatic heterocycles. The number of hydrogen-bond donors (Lipinski definition) is 2. The van der Waals surface area contributed by atoms with Crippen LogP contribution in [-0.4, -0.2) is 23.4 Å². The standard InChI is InChI=1S/C16H20F2N2O2S/c1-16(2,3)13-11(7-12(19)21)20-10-5-4-8(22-15(17)18)6-9(10)14(13)23/h4-6,11,13,15,20H,7H2,1-3H3,(H2,19,21). The number of primary amides is 1. The van der Waals surface area contributed by atoms with Gasteiger partial charge in [-0.2, -0.15) is 8.78 Å². The smallest absolute Gasteiger partial charge is 0.387 e. The van der Waals surface area contributed by atoms with E-state index in [1.807, 2.05) is 20.8 Å². The number of ether oxygens (including phenoxy) is 1. The van der Waals surface area contributed by atoms with E-state index in [9.17, 15) is 13.6 Å². The highest BCUT2D eigenvalue weighted by Gasteiger charge is 2.40. The Hall–Kier alpha value is -1.76. The molecule has 126 valence electrons. The van der Waals surface area contributed by atoms with Crippen LogP contribution < -0.4 is 15.8 Å². The van der Waals surface area contributed by atoms with Crippen molar-refractivity contribution in [3.8, 4) is 5.75 Å². The summed E-state index contributed by atoms with van der Waals surface area (Å²) in [5.74, 6) is -0.496. The fraction of sp³-hybridized carbons (Fsp3) is 0.500. The zero-order valence-electron chi connectivity index (χ0n) is 13.2. The van der Waals surface area contributed by atoms with Crippen LogP contribution in [0.15, 0.2) is 18.2 Å². The lowest BCUT2D eigenvalue weighted by Crippen LogP contribution is -2.47. The summed E-state index contributed by atoms with van der Waals surface area (Å²) in [6.07, 6.45) is 0.150.